The van der Waals surface area contributed by atoms with E-state index in [4.69, 9.17) is 10.5 Å². The Hall–Kier alpha value is -1.55. The van der Waals surface area contributed by atoms with Crippen LogP contribution in [-0.4, -0.2) is 25.1 Å². The van der Waals surface area contributed by atoms with E-state index >= 15 is 0 Å². The van der Waals surface area contributed by atoms with Crippen molar-refractivity contribution < 1.29 is 9.53 Å². The van der Waals surface area contributed by atoms with Gasteiger partial charge in [0.2, 0.25) is 5.91 Å². The second-order valence-electron chi connectivity index (χ2n) is 5.95. The Kier molecular flexibility index (Phi) is 5.01. The van der Waals surface area contributed by atoms with Crippen molar-refractivity contribution in [2.45, 2.75) is 32.7 Å². The van der Waals surface area contributed by atoms with E-state index in [0.717, 1.165) is 24.2 Å². The fourth-order valence-corrected chi connectivity index (χ4v) is 2.56. The smallest absolute Gasteiger partial charge is 0.226 e. The normalized spacial score (nSPS) is 19.1. The number of rotatable bonds is 5. The van der Waals surface area contributed by atoms with Crippen LogP contribution < -0.4 is 15.8 Å². The Morgan fingerprint density at radius 3 is 2.95 bits per heavy atom. The fraction of sp³-hybridized carbons (Fsp3) is 0.562. The molecule has 0 fully saturated rings. The van der Waals surface area contributed by atoms with Crippen LogP contribution in [0.5, 0.6) is 5.75 Å². The van der Waals surface area contributed by atoms with E-state index < -0.39 is 0 Å². The highest BCUT2D eigenvalue weighted by Crippen LogP contribution is 2.26. The van der Waals surface area contributed by atoms with E-state index in [2.05, 4.69) is 19.2 Å². The van der Waals surface area contributed by atoms with Gasteiger partial charge in [0, 0.05) is 12.6 Å². The molecule has 2 atom stereocenters. The molecule has 0 saturated carbocycles. The predicted molar refractivity (Wildman–Crippen MR) is 79.6 cm³/mol. The Morgan fingerprint density at radius 1 is 1.45 bits per heavy atom. The summed E-state index contributed by atoms with van der Waals surface area (Å²) >= 11 is 0. The number of carbonyl (C=O) groups is 1. The van der Waals surface area contributed by atoms with Crippen molar-refractivity contribution >= 4 is 5.91 Å². The van der Waals surface area contributed by atoms with Crippen LogP contribution in [0.1, 0.15) is 25.8 Å². The maximum Gasteiger partial charge on any atom is 0.226 e. The van der Waals surface area contributed by atoms with Crippen molar-refractivity contribution in [2.75, 3.05) is 13.2 Å². The van der Waals surface area contributed by atoms with Gasteiger partial charge >= 0.3 is 0 Å². The van der Waals surface area contributed by atoms with Crippen molar-refractivity contribution in [3.63, 3.8) is 0 Å². The average Bonchev–Trinajstić information content (AvgIpc) is 2.43. The Bertz CT molecular complexity index is 460. The van der Waals surface area contributed by atoms with Gasteiger partial charge in [-0.2, -0.15) is 0 Å². The maximum atomic E-state index is 12.2. The number of fused-ring (bicyclic) bond motifs is 1. The molecule has 1 aliphatic rings. The topological polar surface area (TPSA) is 64.3 Å². The third-order valence-electron chi connectivity index (χ3n) is 3.56. The third kappa shape index (κ3) is 3.97. The van der Waals surface area contributed by atoms with Gasteiger partial charge in [-0.15, -0.1) is 0 Å². The van der Waals surface area contributed by atoms with Crippen molar-refractivity contribution in [3.05, 3.63) is 29.8 Å². The lowest BCUT2D eigenvalue weighted by Gasteiger charge is -2.25. The quantitative estimate of drug-likeness (QED) is 0.861. The summed E-state index contributed by atoms with van der Waals surface area (Å²) in [6.45, 7) is 5.25. The van der Waals surface area contributed by atoms with E-state index in [1.165, 1.54) is 0 Å². The molecule has 0 saturated heterocycles. The first-order valence-corrected chi connectivity index (χ1v) is 7.30. The monoisotopic (exact) mass is 276 g/mol. The first-order valence-electron chi connectivity index (χ1n) is 7.30. The minimum absolute atomic E-state index is 0.0238. The zero-order valence-electron chi connectivity index (χ0n) is 12.3. The summed E-state index contributed by atoms with van der Waals surface area (Å²) in [6, 6.07) is 7.91. The second-order valence-corrected chi connectivity index (χ2v) is 5.95. The number of para-hydroxylation sites is 1. The number of hydrogen-bond donors (Lipinski definition) is 2. The molecule has 2 rings (SSSR count). The summed E-state index contributed by atoms with van der Waals surface area (Å²) in [5, 5.41) is 2.94. The van der Waals surface area contributed by atoms with Crippen LogP contribution in [0.15, 0.2) is 24.3 Å². The number of hydrogen-bond acceptors (Lipinski definition) is 3. The molecule has 0 aliphatic carbocycles. The van der Waals surface area contributed by atoms with Gasteiger partial charge in [-0.25, -0.2) is 0 Å². The highest BCUT2D eigenvalue weighted by atomic mass is 16.5. The lowest BCUT2D eigenvalue weighted by Crippen LogP contribution is -2.43. The number of ether oxygens (including phenoxy) is 1. The van der Waals surface area contributed by atoms with Gasteiger partial charge in [-0.3, -0.25) is 4.79 Å². The van der Waals surface area contributed by atoms with Crippen LogP contribution >= 0.6 is 0 Å². The number of nitrogens with two attached hydrogens (primary N) is 1. The third-order valence-corrected chi connectivity index (χ3v) is 3.56. The standard InChI is InChI=1S/C16H24N2O2/c1-11(2)7-14(17)9-18-16(19)13-8-12-5-3-4-6-15(12)20-10-13/h3-6,11,13-14H,7-10,17H2,1-2H3,(H,18,19). The van der Waals surface area contributed by atoms with Crippen LogP contribution in [0.2, 0.25) is 0 Å². The number of benzene rings is 1. The molecule has 4 nitrogen and oxygen atoms in total. The van der Waals surface area contributed by atoms with Crippen LogP contribution in [-0.2, 0) is 11.2 Å². The number of carbonyl (C=O) groups excluding carboxylic acids is 1. The molecule has 110 valence electrons. The fourth-order valence-electron chi connectivity index (χ4n) is 2.56. The molecule has 0 bridgehead atoms. The van der Waals surface area contributed by atoms with Gasteiger partial charge in [-0.05, 0) is 30.4 Å². The first kappa shape index (κ1) is 14.9. The van der Waals surface area contributed by atoms with E-state index in [0.29, 0.717) is 19.1 Å². The SMILES string of the molecule is CC(C)CC(N)CNC(=O)C1COc2ccccc2C1. The Morgan fingerprint density at radius 2 is 2.20 bits per heavy atom. The van der Waals surface area contributed by atoms with E-state index in [1.807, 2.05) is 24.3 Å². The van der Waals surface area contributed by atoms with E-state index in [1.54, 1.807) is 0 Å². The van der Waals surface area contributed by atoms with Crippen LogP contribution in [0.4, 0.5) is 0 Å². The highest BCUT2D eigenvalue weighted by molar-refractivity contribution is 5.79. The molecule has 4 heteroatoms. The maximum absolute atomic E-state index is 12.2. The summed E-state index contributed by atoms with van der Waals surface area (Å²) in [6.07, 6.45) is 1.66. The zero-order valence-corrected chi connectivity index (χ0v) is 12.3. The molecule has 2 unspecified atom stereocenters. The van der Waals surface area contributed by atoms with Crippen molar-refractivity contribution in [2.24, 2.45) is 17.6 Å². The van der Waals surface area contributed by atoms with Gasteiger partial charge in [-0.1, -0.05) is 32.0 Å². The van der Waals surface area contributed by atoms with Crippen LogP contribution in [0.25, 0.3) is 0 Å². The number of amides is 1. The molecule has 0 spiro atoms. The molecule has 1 amide bonds. The molecule has 1 heterocycles. The van der Waals surface area contributed by atoms with E-state index in [-0.39, 0.29) is 17.9 Å². The molecular formula is C16H24N2O2. The van der Waals surface area contributed by atoms with Gasteiger partial charge in [0.05, 0.1) is 5.92 Å². The van der Waals surface area contributed by atoms with Crippen molar-refractivity contribution in [1.29, 1.82) is 0 Å². The first-order chi connectivity index (χ1) is 9.56. The van der Waals surface area contributed by atoms with Crippen LogP contribution in [0.3, 0.4) is 0 Å². The summed E-state index contributed by atoms with van der Waals surface area (Å²) in [4.78, 5) is 12.2. The van der Waals surface area contributed by atoms with Gasteiger partial charge < -0.3 is 15.8 Å². The van der Waals surface area contributed by atoms with Crippen LogP contribution in [0, 0.1) is 11.8 Å². The minimum atomic E-state index is -0.115. The minimum Gasteiger partial charge on any atom is -0.492 e. The largest absolute Gasteiger partial charge is 0.492 e. The average molecular weight is 276 g/mol. The molecule has 20 heavy (non-hydrogen) atoms. The Labute approximate surface area is 120 Å². The summed E-state index contributed by atoms with van der Waals surface area (Å²) in [5.74, 6) is 1.37. The van der Waals surface area contributed by atoms with Gasteiger partial charge in [0.15, 0.2) is 0 Å². The lowest BCUT2D eigenvalue weighted by molar-refractivity contribution is -0.126. The molecule has 1 aromatic carbocycles. The molecule has 3 N–H and O–H groups in total. The Balaban J connectivity index is 1.83. The zero-order chi connectivity index (χ0) is 14.5. The lowest BCUT2D eigenvalue weighted by atomic mass is 9.96. The highest BCUT2D eigenvalue weighted by Gasteiger charge is 2.25. The molecule has 1 aromatic rings. The predicted octanol–water partition coefficient (Wildman–Crippen LogP) is 1.73. The molecule has 1 aliphatic heterocycles. The number of nitrogens with one attached hydrogen (secondary N) is 1. The molecule has 0 aromatic heterocycles. The molecule has 0 radical (unpaired) electrons. The van der Waals surface area contributed by atoms with E-state index in [9.17, 15) is 4.79 Å². The summed E-state index contributed by atoms with van der Waals surface area (Å²) in [5.41, 5.74) is 7.09. The van der Waals surface area contributed by atoms with Crippen molar-refractivity contribution in [3.8, 4) is 5.75 Å². The second kappa shape index (κ2) is 6.75. The van der Waals surface area contributed by atoms with Gasteiger partial charge in [0.25, 0.3) is 0 Å². The molecular weight excluding hydrogens is 252 g/mol. The summed E-state index contributed by atoms with van der Waals surface area (Å²) in [7, 11) is 0. The summed E-state index contributed by atoms with van der Waals surface area (Å²) < 4.78 is 5.64. The van der Waals surface area contributed by atoms with Crippen molar-refractivity contribution in [1.82, 2.24) is 5.32 Å². The van der Waals surface area contributed by atoms with Gasteiger partial charge in [0.1, 0.15) is 12.4 Å².